The van der Waals surface area contributed by atoms with Crippen LogP contribution in [0.25, 0.3) is 0 Å². The molecule has 0 saturated carbocycles. The molecule has 0 aliphatic rings. The van der Waals surface area contributed by atoms with Crippen molar-refractivity contribution in [2.45, 2.75) is 58.9 Å². The van der Waals surface area contributed by atoms with Gasteiger partial charge in [-0.15, -0.1) is 0 Å². The van der Waals surface area contributed by atoms with E-state index in [2.05, 4.69) is 38.8 Å². The van der Waals surface area contributed by atoms with Gasteiger partial charge >= 0.3 is 0 Å². The lowest BCUT2D eigenvalue weighted by Gasteiger charge is -2.16. The highest BCUT2D eigenvalue weighted by Crippen LogP contribution is 2.26. The molecule has 6 nitrogen and oxygen atoms in total. The zero-order chi connectivity index (χ0) is 24.2. The molecule has 0 bridgehead atoms. The van der Waals surface area contributed by atoms with Crippen LogP contribution >= 0.6 is 28.1 Å². The summed E-state index contributed by atoms with van der Waals surface area (Å²) in [5.41, 5.74) is 1.42. The van der Waals surface area contributed by atoms with Crippen LogP contribution in [0, 0.1) is 0 Å². The average Bonchev–Trinajstić information content (AvgIpc) is 2.79. The van der Waals surface area contributed by atoms with E-state index in [-0.39, 0.29) is 23.0 Å². The van der Waals surface area contributed by atoms with Gasteiger partial charge < -0.3 is 15.4 Å². The van der Waals surface area contributed by atoms with Gasteiger partial charge in [-0.3, -0.25) is 14.9 Å². The van der Waals surface area contributed by atoms with Crippen molar-refractivity contribution in [1.29, 1.82) is 0 Å². The van der Waals surface area contributed by atoms with E-state index in [1.165, 1.54) is 12.8 Å². The monoisotopic (exact) mass is 533 g/mol. The standard InChI is InChI=1S/C25H32BrN3O3S/c1-4-6-7-10-15-32-22-14-13-18(16-20(22)26)23(30)29-25(33)28-21-12-9-8-11-19(21)24(31)27-17(3)5-2/h8-9,11-14,16-17H,4-7,10,15H2,1-3H3,(H,27,31)(H2,28,29,30,33). The maximum atomic E-state index is 12.7. The second kappa shape index (κ2) is 14.0. The fraction of sp³-hybridized carbons (Fsp3) is 0.400. The number of rotatable bonds is 11. The number of carbonyl (C=O) groups excluding carboxylic acids is 2. The first kappa shape index (κ1) is 26.8. The molecule has 2 aromatic carbocycles. The minimum absolute atomic E-state index is 0.0546. The molecule has 2 rings (SSSR count). The summed E-state index contributed by atoms with van der Waals surface area (Å²) in [5.74, 6) is 0.144. The van der Waals surface area contributed by atoms with E-state index in [9.17, 15) is 9.59 Å². The van der Waals surface area contributed by atoms with Gasteiger partial charge in [0, 0.05) is 11.6 Å². The third-order valence-corrected chi connectivity index (χ3v) is 5.91. The third-order valence-electron chi connectivity index (χ3n) is 5.09. The molecule has 1 unspecified atom stereocenters. The third kappa shape index (κ3) is 8.78. The number of nitrogens with one attached hydrogen (secondary N) is 3. The molecule has 1 atom stereocenters. The number of hydrogen-bond donors (Lipinski definition) is 3. The Bertz CT molecular complexity index is 968. The summed E-state index contributed by atoms with van der Waals surface area (Å²) in [6.45, 7) is 6.76. The van der Waals surface area contributed by atoms with E-state index in [0.717, 1.165) is 19.3 Å². The summed E-state index contributed by atoms with van der Waals surface area (Å²) < 4.78 is 6.50. The Labute approximate surface area is 210 Å². The Hall–Kier alpha value is -2.45. The zero-order valence-electron chi connectivity index (χ0n) is 19.4. The van der Waals surface area contributed by atoms with E-state index in [1.807, 2.05) is 13.8 Å². The summed E-state index contributed by atoms with van der Waals surface area (Å²) in [6, 6.07) is 12.2. The molecule has 8 heteroatoms. The highest BCUT2D eigenvalue weighted by Gasteiger charge is 2.15. The van der Waals surface area contributed by atoms with E-state index in [0.29, 0.717) is 33.6 Å². The van der Waals surface area contributed by atoms with Crippen LogP contribution in [-0.2, 0) is 0 Å². The molecule has 0 fully saturated rings. The van der Waals surface area contributed by atoms with Gasteiger partial charge in [-0.1, -0.05) is 45.2 Å². The van der Waals surface area contributed by atoms with Crippen LogP contribution in [-0.4, -0.2) is 29.6 Å². The second-order valence-electron chi connectivity index (χ2n) is 7.79. The summed E-state index contributed by atoms with van der Waals surface area (Å²) in [7, 11) is 0. The average molecular weight is 535 g/mol. The zero-order valence-corrected chi connectivity index (χ0v) is 21.8. The number of unbranched alkanes of at least 4 members (excludes halogenated alkanes) is 3. The predicted molar refractivity (Wildman–Crippen MR) is 141 cm³/mol. The van der Waals surface area contributed by atoms with E-state index >= 15 is 0 Å². The Morgan fingerprint density at radius 2 is 1.82 bits per heavy atom. The van der Waals surface area contributed by atoms with E-state index in [1.54, 1.807) is 42.5 Å². The topological polar surface area (TPSA) is 79.5 Å². The van der Waals surface area contributed by atoms with Crippen molar-refractivity contribution in [3.05, 3.63) is 58.1 Å². The number of carbonyl (C=O) groups is 2. The summed E-state index contributed by atoms with van der Waals surface area (Å²) in [5, 5.41) is 8.66. The van der Waals surface area contributed by atoms with Gasteiger partial charge in [-0.2, -0.15) is 0 Å². The van der Waals surface area contributed by atoms with Gasteiger partial charge in [0.1, 0.15) is 5.75 Å². The maximum absolute atomic E-state index is 12.7. The van der Waals surface area contributed by atoms with Gasteiger partial charge in [0.25, 0.3) is 11.8 Å². The summed E-state index contributed by atoms with van der Waals surface area (Å²) in [4.78, 5) is 25.2. The lowest BCUT2D eigenvalue weighted by atomic mass is 10.1. The van der Waals surface area contributed by atoms with Crippen LogP contribution in [0.15, 0.2) is 46.9 Å². The van der Waals surface area contributed by atoms with Crippen molar-refractivity contribution in [2.75, 3.05) is 11.9 Å². The van der Waals surface area contributed by atoms with Gasteiger partial charge in [0.2, 0.25) is 0 Å². The Kier molecular flexibility index (Phi) is 11.3. The molecular formula is C25H32BrN3O3S. The first-order chi connectivity index (χ1) is 15.8. The quantitative estimate of drug-likeness (QED) is 0.241. The van der Waals surface area contributed by atoms with Crippen molar-refractivity contribution in [3.8, 4) is 5.75 Å². The summed E-state index contributed by atoms with van der Waals surface area (Å²) in [6.07, 6.45) is 5.35. The molecule has 0 radical (unpaired) electrons. The van der Waals surface area contributed by atoms with E-state index in [4.69, 9.17) is 17.0 Å². The fourth-order valence-corrected chi connectivity index (χ4v) is 3.69. The van der Waals surface area contributed by atoms with Crippen molar-refractivity contribution >= 4 is 50.8 Å². The predicted octanol–water partition coefficient (Wildman–Crippen LogP) is 6.06. The highest BCUT2D eigenvalue weighted by atomic mass is 79.9. The molecule has 0 heterocycles. The Morgan fingerprint density at radius 3 is 2.52 bits per heavy atom. The van der Waals surface area contributed by atoms with Crippen LogP contribution in [0.5, 0.6) is 5.75 Å². The van der Waals surface area contributed by atoms with E-state index < -0.39 is 0 Å². The minimum Gasteiger partial charge on any atom is -0.492 e. The molecule has 2 amide bonds. The van der Waals surface area contributed by atoms with Crippen molar-refractivity contribution in [1.82, 2.24) is 10.6 Å². The van der Waals surface area contributed by atoms with Crippen molar-refractivity contribution in [3.63, 3.8) is 0 Å². The van der Waals surface area contributed by atoms with Crippen molar-refractivity contribution in [2.24, 2.45) is 0 Å². The van der Waals surface area contributed by atoms with Gasteiger partial charge in [0.05, 0.1) is 22.3 Å². The number of benzene rings is 2. The second-order valence-corrected chi connectivity index (χ2v) is 9.05. The Balaban J connectivity index is 1.96. The number of hydrogen-bond acceptors (Lipinski definition) is 4. The molecule has 0 aliphatic heterocycles. The van der Waals surface area contributed by atoms with Gasteiger partial charge in [0.15, 0.2) is 5.11 Å². The number of anilines is 1. The number of thiocarbonyl (C=S) groups is 1. The van der Waals surface area contributed by atoms with Gasteiger partial charge in [-0.25, -0.2) is 0 Å². The maximum Gasteiger partial charge on any atom is 0.257 e. The van der Waals surface area contributed by atoms with Crippen molar-refractivity contribution < 1.29 is 14.3 Å². The summed E-state index contributed by atoms with van der Waals surface area (Å²) >= 11 is 8.78. The first-order valence-corrected chi connectivity index (χ1v) is 12.5. The molecule has 0 aromatic heterocycles. The SMILES string of the molecule is CCCCCCOc1ccc(C(=O)NC(=S)Nc2ccccc2C(=O)NC(C)CC)cc1Br. The van der Waals surface area contributed by atoms with Gasteiger partial charge in [-0.05, 0) is 78.2 Å². The van der Waals surface area contributed by atoms with Crippen LogP contribution in [0.4, 0.5) is 5.69 Å². The number of halogens is 1. The van der Waals surface area contributed by atoms with Crippen LogP contribution in [0.1, 0.15) is 73.6 Å². The number of amides is 2. The molecule has 0 aliphatic carbocycles. The molecule has 2 aromatic rings. The van der Waals surface area contributed by atoms with Crippen LogP contribution in [0.3, 0.4) is 0 Å². The molecular weight excluding hydrogens is 502 g/mol. The fourth-order valence-electron chi connectivity index (χ4n) is 2.99. The lowest BCUT2D eigenvalue weighted by Crippen LogP contribution is -2.36. The minimum atomic E-state index is -0.357. The first-order valence-electron chi connectivity index (χ1n) is 11.3. The molecule has 0 saturated heterocycles. The Morgan fingerprint density at radius 1 is 1.06 bits per heavy atom. The number of para-hydroxylation sites is 1. The lowest BCUT2D eigenvalue weighted by molar-refractivity contribution is 0.0938. The molecule has 178 valence electrons. The molecule has 33 heavy (non-hydrogen) atoms. The normalized spacial score (nSPS) is 11.4. The highest BCUT2D eigenvalue weighted by molar-refractivity contribution is 9.10. The van der Waals surface area contributed by atoms with Crippen LogP contribution < -0.4 is 20.7 Å². The molecule has 3 N–H and O–H groups in total. The largest absolute Gasteiger partial charge is 0.492 e. The smallest absolute Gasteiger partial charge is 0.257 e. The molecule has 0 spiro atoms. The number of ether oxygens (including phenoxy) is 1. The van der Waals surface area contributed by atoms with Crippen LogP contribution in [0.2, 0.25) is 0 Å².